The summed E-state index contributed by atoms with van der Waals surface area (Å²) in [5.41, 5.74) is 0. The van der Waals surface area contributed by atoms with E-state index < -0.39 is 14.7 Å². The maximum Gasteiger partial charge on any atom is 0.463 e. The summed E-state index contributed by atoms with van der Waals surface area (Å²) in [6.45, 7) is 7.78. The van der Waals surface area contributed by atoms with Crippen LogP contribution in [0.15, 0.2) is 0 Å². The van der Waals surface area contributed by atoms with Crippen molar-refractivity contribution < 1.29 is 9.31 Å². The molecule has 0 unspecified atom stereocenters. The number of hydrogen-bond donors (Lipinski definition) is 0. The summed E-state index contributed by atoms with van der Waals surface area (Å²) in [5.74, 6) is 0.253. The Balaban J connectivity index is 4.74. The predicted molar refractivity (Wildman–Crippen MR) is 87.1 cm³/mol. The first kappa shape index (κ1) is 20.7. The van der Waals surface area contributed by atoms with E-state index in [4.69, 9.17) is 78.9 Å². The highest BCUT2D eigenvalue weighted by molar-refractivity contribution is 6.68. The highest BCUT2D eigenvalue weighted by Gasteiger charge is 2.43. The molecule has 9 heteroatoms. The monoisotopic (exact) mass is 390 g/mol. The SMILES string of the molecule is CC(C)C(C)(C)B(OCC(Cl)(Cl)Cl)OCC(Cl)(Cl)Cl. The van der Waals surface area contributed by atoms with Crippen LogP contribution < -0.4 is 0 Å². The zero-order valence-corrected chi connectivity index (χ0v) is 15.7. The maximum atomic E-state index is 5.67. The van der Waals surface area contributed by atoms with Crippen LogP contribution >= 0.6 is 69.6 Å². The summed E-state index contributed by atoms with van der Waals surface area (Å²) >= 11 is 34.0. The molecule has 0 rings (SSSR count). The zero-order valence-electron chi connectivity index (χ0n) is 11.2. The fourth-order valence-corrected chi connectivity index (χ4v) is 1.47. The molecule has 0 heterocycles. The van der Waals surface area contributed by atoms with Gasteiger partial charge in [0.2, 0.25) is 7.59 Å². The van der Waals surface area contributed by atoms with Crippen molar-refractivity contribution in [3.63, 3.8) is 0 Å². The van der Waals surface area contributed by atoms with E-state index in [1.807, 2.05) is 27.7 Å². The second-order valence-corrected chi connectivity index (χ2v) is 10.2. The average Bonchev–Trinajstić information content (AvgIpc) is 2.13. The third kappa shape index (κ3) is 9.36. The molecule has 0 radical (unpaired) electrons. The Morgan fingerprint density at radius 1 is 0.842 bits per heavy atom. The summed E-state index contributed by atoms with van der Waals surface area (Å²) in [4.78, 5) is 0. The highest BCUT2D eigenvalue weighted by Crippen LogP contribution is 2.40. The summed E-state index contributed by atoms with van der Waals surface area (Å²) in [7, 11) is -0.654. The smallest absolute Gasteiger partial charge is 0.406 e. The predicted octanol–water partition coefficient (Wildman–Crippen LogP) is 5.68. The van der Waals surface area contributed by atoms with E-state index in [0.29, 0.717) is 0 Å². The first-order valence-electron chi connectivity index (χ1n) is 5.62. The molecule has 0 aliphatic heterocycles. The van der Waals surface area contributed by atoms with Gasteiger partial charge in [0.1, 0.15) is 0 Å². The van der Waals surface area contributed by atoms with Crippen LogP contribution in [0.5, 0.6) is 0 Å². The van der Waals surface area contributed by atoms with E-state index in [0.717, 1.165) is 0 Å². The molecule has 19 heavy (non-hydrogen) atoms. The molecule has 0 saturated heterocycles. The van der Waals surface area contributed by atoms with Gasteiger partial charge in [-0.25, -0.2) is 0 Å². The van der Waals surface area contributed by atoms with Crippen molar-refractivity contribution >= 4 is 76.7 Å². The lowest BCUT2D eigenvalue weighted by atomic mass is 9.54. The van der Waals surface area contributed by atoms with Gasteiger partial charge < -0.3 is 9.31 Å². The van der Waals surface area contributed by atoms with E-state index >= 15 is 0 Å². The van der Waals surface area contributed by atoms with Crippen molar-refractivity contribution in [2.24, 2.45) is 5.92 Å². The van der Waals surface area contributed by atoms with E-state index in [2.05, 4.69) is 0 Å². The van der Waals surface area contributed by atoms with Gasteiger partial charge in [0.25, 0.3) is 0 Å². The first-order valence-corrected chi connectivity index (χ1v) is 7.89. The molecule has 0 aromatic rings. The summed E-state index contributed by atoms with van der Waals surface area (Å²) in [6, 6.07) is 0. The fourth-order valence-electron chi connectivity index (χ4n) is 1.09. The van der Waals surface area contributed by atoms with Gasteiger partial charge in [-0.05, 0) is 5.92 Å². The van der Waals surface area contributed by atoms with Gasteiger partial charge in [0.15, 0.2) is 0 Å². The lowest BCUT2D eigenvalue weighted by molar-refractivity contribution is 0.168. The van der Waals surface area contributed by atoms with Crippen LogP contribution in [0.4, 0.5) is 0 Å². The summed E-state index contributed by atoms with van der Waals surface area (Å²) in [6.07, 6.45) is 0. The lowest BCUT2D eigenvalue weighted by Crippen LogP contribution is -2.41. The van der Waals surface area contributed by atoms with Gasteiger partial charge in [-0.2, -0.15) is 0 Å². The van der Waals surface area contributed by atoms with Crippen molar-refractivity contribution in [2.45, 2.75) is 40.6 Å². The second kappa shape index (κ2) is 7.83. The van der Waals surface area contributed by atoms with Crippen LogP contribution in [-0.2, 0) is 9.31 Å². The topological polar surface area (TPSA) is 18.5 Å². The summed E-state index contributed by atoms with van der Waals surface area (Å²) < 4.78 is 8.03. The third-order valence-electron chi connectivity index (χ3n) is 2.89. The van der Waals surface area contributed by atoms with Crippen LogP contribution in [0.3, 0.4) is 0 Å². The van der Waals surface area contributed by atoms with E-state index in [-0.39, 0.29) is 24.4 Å². The minimum absolute atomic E-state index is 0.113. The van der Waals surface area contributed by atoms with E-state index in [1.165, 1.54) is 0 Å². The van der Waals surface area contributed by atoms with Crippen LogP contribution in [0.1, 0.15) is 27.7 Å². The van der Waals surface area contributed by atoms with Gasteiger partial charge in [-0.15, -0.1) is 0 Å². The summed E-state index contributed by atoms with van der Waals surface area (Å²) in [5, 5.41) is -0.341. The number of alkyl halides is 6. The largest absolute Gasteiger partial charge is 0.463 e. The number of rotatable bonds is 6. The second-order valence-electron chi connectivity index (χ2n) is 5.16. The van der Waals surface area contributed by atoms with Crippen molar-refractivity contribution in [1.29, 1.82) is 0 Å². The van der Waals surface area contributed by atoms with Crippen LogP contribution in [0.25, 0.3) is 0 Å². The molecule has 2 nitrogen and oxygen atoms in total. The fraction of sp³-hybridized carbons (Fsp3) is 1.00. The number of halogens is 6. The van der Waals surface area contributed by atoms with Crippen molar-refractivity contribution in [1.82, 2.24) is 0 Å². The Bertz CT molecular complexity index is 256. The van der Waals surface area contributed by atoms with Gasteiger partial charge in [0, 0.05) is 5.31 Å². The van der Waals surface area contributed by atoms with Gasteiger partial charge in [0.05, 0.1) is 13.2 Å². The first-order chi connectivity index (χ1) is 8.26. The number of hydrogen-bond acceptors (Lipinski definition) is 2. The average molecular weight is 393 g/mol. The van der Waals surface area contributed by atoms with E-state index in [9.17, 15) is 0 Å². The zero-order chi connectivity index (χ0) is 15.5. The third-order valence-corrected chi connectivity index (χ3v) is 3.55. The standard InChI is InChI=1S/C10H17BCl6O2/c1-7(2)8(3,4)11(18-5-9(12,13)14)19-6-10(15,16)17/h7H,5-6H2,1-4H3. The van der Waals surface area contributed by atoms with Crippen molar-refractivity contribution in [2.75, 3.05) is 13.2 Å². The molecule has 0 aliphatic rings. The molecule has 0 atom stereocenters. The molecule has 0 aromatic carbocycles. The van der Waals surface area contributed by atoms with Gasteiger partial charge >= 0.3 is 7.12 Å². The van der Waals surface area contributed by atoms with Crippen LogP contribution in [0.2, 0.25) is 5.31 Å². The minimum Gasteiger partial charge on any atom is -0.406 e. The lowest BCUT2D eigenvalue weighted by Gasteiger charge is -2.34. The molecule has 0 spiro atoms. The molecule has 0 N–H and O–H groups in total. The van der Waals surface area contributed by atoms with Crippen molar-refractivity contribution in [3.8, 4) is 0 Å². The highest BCUT2D eigenvalue weighted by atomic mass is 35.6. The van der Waals surface area contributed by atoms with E-state index in [1.54, 1.807) is 0 Å². The molecule has 0 aliphatic carbocycles. The Hall–Kier alpha value is 1.72. The maximum absolute atomic E-state index is 5.67. The molecular formula is C10H17BCl6O2. The Morgan fingerprint density at radius 3 is 1.37 bits per heavy atom. The molecule has 114 valence electrons. The van der Waals surface area contributed by atoms with Crippen molar-refractivity contribution in [3.05, 3.63) is 0 Å². The molecular weight excluding hydrogens is 376 g/mol. The molecule has 0 fully saturated rings. The minimum atomic E-state index is -1.52. The Morgan fingerprint density at radius 2 is 1.16 bits per heavy atom. The Kier molecular flexibility index (Phi) is 8.54. The van der Waals surface area contributed by atoms with Gasteiger partial charge in [-0.1, -0.05) is 97.3 Å². The van der Waals surface area contributed by atoms with Gasteiger partial charge in [-0.3, -0.25) is 0 Å². The molecule has 0 aromatic heterocycles. The molecule has 0 amide bonds. The quantitative estimate of drug-likeness (QED) is 0.427. The molecule has 0 bridgehead atoms. The Labute approximate surface area is 145 Å². The van der Waals surface area contributed by atoms with Crippen LogP contribution in [-0.4, -0.2) is 27.9 Å². The van der Waals surface area contributed by atoms with Crippen LogP contribution in [0, 0.1) is 5.92 Å². The molecule has 0 saturated carbocycles. The normalized spacial score (nSPS) is 14.1.